The van der Waals surface area contributed by atoms with E-state index in [4.69, 9.17) is 5.11 Å². The standard InChI is InChI=1S/C16H23F3O2S/c1-5-15(16(18,19)10-20,11-22(21)14(2,3)4)12-8-6-7-9-13(12)17/h6-9,20H,5,10-11H2,1-4H3/t15-,22+/m1/s1. The van der Waals surface area contributed by atoms with Gasteiger partial charge in [-0.15, -0.1) is 0 Å². The van der Waals surface area contributed by atoms with E-state index in [1.807, 2.05) is 0 Å². The summed E-state index contributed by atoms with van der Waals surface area (Å²) < 4.78 is 55.0. The Hall–Kier alpha value is -0.880. The smallest absolute Gasteiger partial charge is 0.281 e. The molecule has 0 aliphatic heterocycles. The molecule has 1 N–H and O–H groups in total. The van der Waals surface area contributed by atoms with Crippen molar-refractivity contribution in [2.24, 2.45) is 0 Å². The van der Waals surface area contributed by atoms with Gasteiger partial charge < -0.3 is 5.11 Å². The molecular formula is C16H23F3O2S. The number of rotatable bonds is 6. The zero-order valence-corrected chi connectivity index (χ0v) is 14.1. The molecular weight excluding hydrogens is 313 g/mol. The van der Waals surface area contributed by atoms with Crippen LogP contribution in [0.3, 0.4) is 0 Å². The first-order valence-corrected chi connectivity index (χ1v) is 8.46. The molecule has 0 unspecified atom stereocenters. The topological polar surface area (TPSA) is 37.3 Å². The van der Waals surface area contributed by atoms with Gasteiger partial charge in [0.05, 0.1) is 5.41 Å². The lowest BCUT2D eigenvalue weighted by Crippen LogP contribution is -2.53. The van der Waals surface area contributed by atoms with Gasteiger partial charge >= 0.3 is 0 Å². The van der Waals surface area contributed by atoms with Crippen LogP contribution in [0.2, 0.25) is 0 Å². The lowest BCUT2D eigenvalue weighted by Gasteiger charge is -2.40. The number of aliphatic hydroxyl groups is 1. The van der Waals surface area contributed by atoms with Crippen molar-refractivity contribution in [2.45, 2.75) is 50.2 Å². The summed E-state index contributed by atoms with van der Waals surface area (Å²) in [5.74, 6) is -4.77. The molecule has 0 radical (unpaired) electrons. The van der Waals surface area contributed by atoms with Crippen LogP contribution in [0, 0.1) is 5.82 Å². The predicted molar refractivity (Wildman–Crippen MR) is 83.2 cm³/mol. The van der Waals surface area contributed by atoms with Gasteiger partial charge in [0.2, 0.25) is 0 Å². The Balaban J connectivity index is 3.51. The highest BCUT2D eigenvalue weighted by molar-refractivity contribution is 7.86. The van der Waals surface area contributed by atoms with Crippen LogP contribution in [-0.4, -0.2) is 32.3 Å². The number of aliphatic hydroxyl groups excluding tert-OH is 1. The second-order valence-corrected chi connectivity index (χ2v) is 8.58. The molecule has 0 amide bonds. The fraction of sp³-hybridized carbons (Fsp3) is 0.625. The van der Waals surface area contributed by atoms with Crippen molar-refractivity contribution in [1.29, 1.82) is 0 Å². The van der Waals surface area contributed by atoms with Crippen LogP contribution in [0.5, 0.6) is 0 Å². The summed E-state index contributed by atoms with van der Waals surface area (Å²) in [5, 5.41) is 9.16. The average Bonchev–Trinajstić information content (AvgIpc) is 2.44. The summed E-state index contributed by atoms with van der Waals surface area (Å²) in [5.41, 5.74) is -2.21. The minimum Gasteiger partial charge on any atom is -0.390 e. The van der Waals surface area contributed by atoms with E-state index < -0.39 is 45.1 Å². The third-order valence-electron chi connectivity index (χ3n) is 3.95. The maximum absolute atomic E-state index is 14.5. The van der Waals surface area contributed by atoms with Gasteiger partial charge in [-0.3, -0.25) is 4.21 Å². The number of alkyl halides is 2. The lowest BCUT2D eigenvalue weighted by atomic mass is 9.74. The van der Waals surface area contributed by atoms with Crippen molar-refractivity contribution in [3.63, 3.8) is 0 Å². The third kappa shape index (κ3) is 3.54. The molecule has 1 aromatic rings. The summed E-state index contributed by atoms with van der Waals surface area (Å²) in [6, 6.07) is 5.27. The summed E-state index contributed by atoms with van der Waals surface area (Å²) >= 11 is 0. The fourth-order valence-electron chi connectivity index (χ4n) is 2.37. The molecule has 1 rings (SSSR count). The van der Waals surface area contributed by atoms with E-state index in [9.17, 15) is 17.4 Å². The van der Waals surface area contributed by atoms with Crippen LogP contribution >= 0.6 is 0 Å². The Morgan fingerprint density at radius 2 is 1.73 bits per heavy atom. The highest BCUT2D eigenvalue weighted by Crippen LogP contribution is 2.45. The maximum Gasteiger partial charge on any atom is 0.281 e. The average molecular weight is 336 g/mol. The Kier molecular flexibility index (Phi) is 5.84. The van der Waals surface area contributed by atoms with E-state index in [-0.39, 0.29) is 12.0 Å². The summed E-state index contributed by atoms with van der Waals surface area (Å²) in [6.07, 6.45) is -0.136. The third-order valence-corrected chi connectivity index (χ3v) is 6.07. The van der Waals surface area contributed by atoms with E-state index in [1.165, 1.54) is 25.1 Å². The SMILES string of the molecule is CC[C@@](C[S@](=O)C(C)(C)C)(c1ccccc1F)C(F)(F)CO. The van der Waals surface area contributed by atoms with Crippen molar-refractivity contribution < 1.29 is 22.5 Å². The molecule has 0 aliphatic rings. The summed E-state index contributed by atoms with van der Waals surface area (Å²) in [7, 11) is -1.62. The van der Waals surface area contributed by atoms with Gasteiger partial charge in [-0.2, -0.15) is 0 Å². The number of halogens is 3. The molecule has 0 spiro atoms. The minimum absolute atomic E-state index is 0.136. The molecule has 6 heteroatoms. The van der Waals surface area contributed by atoms with E-state index in [0.717, 1.165) is 6.07 Å². The van der Waals surface area contributed by atoms with Crippen molar-refractivity contribution in [3.8, 4) is 0 Å². The first-order chi connectivity index (χ1) is 10.0. The molecule has 2 nitrogen and oxygen atoms in total. The van der Waals surface area contributed by atoms with Gasteiger partial charge in [-0.1, -0.05) is 25.1 Å². The molecule has 0 bridgehead atoms. The Morgan fingerprint density at radius 1 is 1.18 bits per heavy atom. The van der Waals surface area contributed by atoms with Gasteiger partial charge in [0, 0.05) is 26.9 Å². The molecule has 0 saturated carbocycles. The van der Waals surface area contributed by atoms with Crippen LogP contribution in [0.15, 0.2) is 24.3 Å². The molecule has 0 saturated heterocycles. The highest BCUT2D eigenvalue weighted by atomic mass is 32.2. The van der Waals surface area contributed by atoms with Crippen LogP contribution in [-0.2, 0) is 16.2 Å². The van der Waals surface area contributed by atoms with Gasteiger partial charge in [0.25, 0.3) is 5.92 Å². The van der Waals surface area contributed by atoms with Crippen molar-refractivity contribution >= 4 is 10.8 Å². The van der Waals surface area contributed by atoms with E-state index in [0.29, 0.717) is 0 Å². The van der Waals surface area contributed by atoms with Crippen LogP contribution in [0.1, 0.15) is 39.7 Å². The molecule has 1 aromatic carbocycles. The molecule has 0 heterocycles. The van der Waals surface area contributed by atoms with Crippen molar-refractivity contribution in [1.82, 2.24) is 0 Å². The van der Waals surface area contributed by atoms with Crippen molar-refractivity contribution in [2.75, 3.05) is 12.4 Å². The van der Waals surface area contributed by atoms with E-state index >= 15 is 0 Å². The Bertz CT molecular complexity index is 540. The highest BCUT2D eigenvalue weighted by Gasteiger charge is 2.55. The van der Waals surface area contributed by atoms with Crippen molar-refractivity contribution in [3.05, 3.63) is 35.6 Å². The minimum atomic E-state index is -3.58. The van der Waals surface area contributed by atoms with E-state index in [1.54, 1.807) is 20.8 Å². The molecule has 0 aliphatic carbocycles. The molecule has 0 fully saturated rings. The Morgan fingerprint density at radius 3 is 2.14 bits per heavy atom. The van der Waals surface area contributed by atoms with Gasteiger partial charge in [-0.25, -0.2) is 13.2 Å². The first-order valence-electron chi connectivity index (χ1n) is 7.14. The summed E-state index contributed by atoms with van der Waals surface area (Å²) in [4.78, 5) is 0. The number of hydrogen-bond donors (Lipinski definition) is 1. The maximum atomic E-state index is 14.5. The lowest BCUT2D eigenvalue weighted by molar-refractivity contribution is -0.110. The monoisotopic (exact) mass is 336 g/mol. The number of hydrogen-bond acceptors (Lipinski definition) is 2. The molecule has 22 heavy (non-hydrogen) atoms. The van der Waals surface area contributed by atoms with E-state index in [2.05, 4.69) is 0 Å². The normalized spacial score (nSPS) is 17.1. The predicted octanol–water partition coefficient (Wildman–Crippen LogP) is 3.65. The van der Waals surface area contributed by atoms with Gasteiger partial charge in [-0.05, 0) is 33.3 Å². The molecule has 2 atom stereocenters. The van der Waals surface area contributed by atoms with Crippen LogP contribution in [0.25, 0.3) is 0 Å². The van der Waals surface area contributed by atoms with Crippen LogP contribution < -0.4 is 0 Å². The van der Waals surface area contributed by atoms with Gasteiger partial charge in [0.15, 0.2) is 0 Å². The molecule has 126 valence electrons. The fourth-order valence-corrected chi connectivity index (χ4v) is 3.82. The second-order valence-electron chi connectivity index (χ2n) is 6.38. The quantitative estimate of drug-likeness (QED) is 0.861. The number of benzene rings is 1. The second kappa shape index (κ2) is 6.71. The molecule has 0 aromatic heterocycles. The largest absolute Gasteiger partial charge is 0.390 e. The Labute approximate surface area is 132 Å². The summed E-state index contributed by atoms with van der Waals surface area (Å²) in [6.45, 7) is 5.12. The zero-order chi connectivity index (χ0) is 17.2. The van der Waals surface area contributed by atoms with Gasteiger partial charge in [0.1, 0.15) is 12.4 Å². The first kappa shape index (κ1) is 19.2. The van der Waals surface area contributed by atoms with Crippen LogP contribution in [0.4, 0.5) is 13.2 Å². The zero-order valence-electron chi connectivity index (χ0n) is 13.3.